The third-order valence-corrected chi connectivity index (χ3v) is 4.55. The van der Waals surface area contributed by atoms with Crippen LogP contribution in [0.1, 0.15) is 23.2 Å². The number of carbonyl (C=O) groups excluding carboxylic acids is 1. The van der Waals surface area contributed by atoms with E-state index >= 15 is 0 Å². The van der Waals surface area contributed by atoms with Gasteiger partial charge in [-0.25, -0.2) is 4.79 Å². The second-order valence-corrected chi connectivity index (χ2v) is 6.73. The smallest absolute Gasteiger partial charge is 0.314 e. The van der Waals surface area contributed by atoms with Crippen LogP contribution in [0.5, 0.6) is 5.75 Å². The third kappa shape index (κ3) is 5.26. The number of para-hydroxylation sites is 1. The number of benzene rings is 2. The molecule has 3 aromatic rings. The average Bonchev–Trinajstić information content (AvgIpc) is 2.97. The fourth-order valence-electron chi connectivity index (χ4n) is 3.19. The molecule has 3 N–H and O–H groups in total. The molecule has 0 aliphatic rings. The molecule has 1 heterocycles. The van der Waals surface area contributed by atoms with Crippen LogP contribution in [0.25, 0.3) is 10.9 Å². The lowest BCUT2D eigenvalue weighted by Crippen LogP contribution is -2.37. The van der Waals surface area contributed by atoms with E-state index in [2.05, 4.69) is 34.7 Å². The van der Waals surface area contributed by atoms with Crippen LogP contribution in [-0.2, 0) is 6.42 Å². The first-order valence-corrected chi connectivity index (χ1v) is 9.41. The molecule has 0 unspecified atom stereocenters. The number of aromatic nitrogens is 1. The molecule has 0 saturated carbocycles. The van der Waals surface area contributed by atoms with Crippen molar-refractivity contribution in [2.75, 3.05) is 19.7 Å². The topological polar surface area (TPSA) is 66.2 Å². The number of ether oxygens (including phenoxy) is 1. The van der Waals surface area contributed by atoms with Gasteiger partial charge in [0.2, 0.25) is 0 Å². The Bertz CT molecular complexity index is 901. The largest absolute Gasteiger partial charge is 0.494 e. The van der Waals surface area contributed by atoms with Crippen molar-refractivity contribution in [3.05, 3.63) is 65.4 Å². The molecular formula is C22H27N3O2. The molecule has 0 spiro atoms. The second-order valence-electron chi connectivity index (χ2n) is 6.73. The summed E-state index contributed by atoms with van der Waals surface area (Å²) in [5.74, 6) is 0.869. The molecule has 0 radical (unpaired) electrons. The number of hydrogen-bond donors (Lipinski definition) is 3. The summed E-state index contributed by atoms with van der Waals surface area (Å²) in [6.07, 6.45) is 1.57. The van der Waals surface area contributed by atoms with Crippen molar-refractivity contribution >= 4 is 16.9 Å². The number of carbonyl (C=O) groups is 1. The van der Waals surface area contributed by atoms with Crippen LogP contribution in [0.15, 0.2) is 48.5 Å². The van der Waals surface area contributed by atoms with Gasteiger partial charge in [-0.2, -0.15) is 0 Å². The zero-order chi connectivity index (χ0) is 19.1. The van der Waals surface area contributed by atoms with Gasteiger partial charge in [0.25, 0.3) is 0 Å². The summed E-state index contributed by atoms with van der Waals surface area (Å²) in [4.78, 5) is 15.3. The number of aryl methyl sites for hydroxylation is 2. The van der Waals surface area contributed by atoms with Crippen molar-refractivity contribution in [2.24, 2.45) is 0 Å². The number of rotatable bonds is 8. The highest BCUT2D eigenvalue weighted by Crippen LogP contribution is 2.21. The zero-order valence-corrected chi connectivity index (χ0v) is 16.0. The van der Waals surface area contributed by atoms with Gasteiger partial charge in [-0.15, -0.1) is 0 Å². The van der Waals surface area contributed by atoms with E-state index in [0.717, 1.165) is 29.8 Å². The molecule has 5 heteroatoms. The van der Waals surface area contributed by atoms with Gasteiger partial charge in [0, 0.05) is 29.7 Å². The first-order chi connectivity index (χ1) is 13.1. The first-order valence-electron chi connectivity index (χ1n) is 9.41. The van der Waals surface area contributed by atoms with Crippen LogP contribution in [-0.4, -0.2) is 30.7 Å². The minimum Gasteiger partial charge on any atom is -0.494 e. The van der Waals surface area contributed by atoms with E-state index in [1.54, 1.807) is 0 Å². The molecule has 5 nitrogen and oxygen atoms in total. The SMILES string of the molecule is Cc1cccc(OCCCNC(=O)NCCc2c(C)[nH]c3ccccc23)c1. The summed E-state index contributed by atoms with van der Waals surface area (Å²) in [5.41, 5.74) is 4.74. The molecule has 27 heavy (non-hydrogen) atoms. The molecule has 0 bridgehead atoms. The minimum absolute atomic E-state index is 0.136. The number of amides is 2. The maximum atomic E-state index is 11.9. The molecule has 0 aliphatic carbocycles. The van der Waals surface area contributed by atoms with Crippen LogP contribution >= 0.6 is 0 Å². The molecule has 0 aliphatic heterocycles. The van der Waals surface area contributed by atoms with Gasteiger partial charge in [-0.05, 0) is 56.0 Å². The normalized spacial score (nSPS) is 10.7. The molecule has 1 aromatic heterocycles. The van der Waals surface area contributed by atoms with Gasteiger partial charge >= 0.3 is 6.03 Å². The first kappa shape index (κ1) is 18.8. The summed E-state index contributed by atoms with van der Waals surface area (Å²) in [6, 6.07) is 16.1. The zero-order valence-electron chi connectivity index (χ0n) is 16.0. The highest BCUT2D eigenvalue weighted by Gasteiger charge is 2.08. The van der Waals surface area contributed by atoms with E-state index in [9.17, 15) is 4.79 Å². The third-order valence-electron chi connectivity index (χ3n) is 4.55. The maximum absolute atomic E-state index is 11.9. The Morgan fingerprint density at radius 2 is 1.85 bits per heavy atom. The highest BCUT2D eigenvalue weighted by atomic mass is 16.5. The molecule has 0 fully saturated rings. The van der Waals surface area contributed by atoms with Gasteiger partial charge in [-0.3, -0.25) is 0 Å². The molecule has 142 valence electrons. The lowest BCUT2D eigenvalue weighted by molar-refractivity contribution is 0.239. The lowest BCUT2D eigenvalue weighted by atomic mass is 10.1. The van der Waals surface area contributed by atoms with Gasteiger partial charge in [-0.1, -0.05) is 30.3 Å². The van der Waals surface area contributed by atoms with E-state index in [1.807, 2.05) is 43.3 Å². The molecule has 2 aromatic carbocycles. The van der Waals surface area contributed by atoms with E-state index in [4.69, 9.17) is 4.74 Å². The predicted molar refractivity (Wildman–Crippen MR) is 109 cm³/mol. The number of nitrogens with one attached hydrogen (secondary N) is 3. The van der Waals surface area contributed by atoms with Crippen molar-refractivity contribution in [2.45, 2.75) is 26.7 Å². The summed E-state index contributed by atoms with van der Waals surface area (Å²) in [5, 5.41) is 7.03. The van der Waals surface area contributed by atoms with Crippen molar-refractivity contribution in [1.82, 2.24) is 15.6 Å². The van der Waals surface area contributed by atoms with E-state index in [-0.39, 0.29) is 6.03 Å². The molecular weight excluding hydrogens is 338 g/mol. The summed E-state index contributed by atoms with van der Waals surface area (Å²) in [7, 11) is 0. The number of fused-ring (bicyclic) bond motifs is 1. The Balaban J connectivity index is 1.33. The van der Waals surface area contributed by atoms with Crippen LogP contribution in [0, 0.1) is 13.8 Å². The average molecular weight is 365 g/mol. The Morgan fingerprint density at radius 1 is 1.04 bits per heavy atom. The lowest BCUT2D eigenvalue weighted by Gasteiger charge is -2.09. The highest BCUT2D eigenvalue weighted by molar-refractivity contribution is 5.84. The van der Waals surface area contributed by atoms with Gasteiger partial charge in [0.15, 0.2) is 0 Å². The fourth-order valence-corrected chi connectivity index (χ4v) is 3.19. The Labute approximate surface area is 160 Å². The monoisotopic (exact) mass is 365 g/mol. The van der Waals surface area contributed by atoms with Crippen LogP contribution in [0.4, 0.5) is 4.79 Å². The standard InChI is InChI=1S/C22H27N3O2/c1-16-7-5-8-18(15-16)27-14-6-12-23-22(26)24-13-11-19-17(2)25-21-10-4-3-9-20(19)21/h3-5,7-10,15,25H,6,11-14H2,1-2H3,(H2,23,24,26). The molecule has 0 atom stereocenters. The Morgan fingerprint density at radius 3 is 2.70 bits per heavy atom. The van der Waals surface area contributed by atoms with E-state index < -0.39 is 0 Å². The summed E-state index contributed by atoms with van der Waals surface area (Å²) in [6.45, 7) is 5.89. The van der Waals surface area contributed by atoms with Gasteiger partial charge in [0.05, 0.1) is 6.61 Å². The molecule has 0 saturated heterocycles. The van der Waals surface area contributed by atoms with E-state index in [0.29, 0.717) is 19.7 Å². The van der Waals surface area contributed by atoms with Crippen molar-refractivity contribution in [3.8, 4) is 5.75 Å². The molecule has 2 amide bonds. The van der Waals surface area contributed by atoms with Gasteiger partial charge in [0.1, 0.15) is 5.75 Å². The maximum Gasteiger partial charge on any atom is 0.314 e. The second kappa shape index (κ2) is 9.12. The van der Waals surface area contributed by atoms with Gasteiger partial charge < -0.3 is 20.4 Å². The van der Waals surface area contributed by atoms with Crippen LogP contribution < -0.4 is 15.4 Å². The van der Waals surface area contributed by atoms with Crippen molar-refractivity contribution in [1.29, 1.82) is 0 Å². The Hall–Kier alpha value is -2.95. The summed E-state index contributed by atoms with van der Waals surface area (Å²) < 4.78 is 5.68. The van der Waals surface area contributed by atoms with Crippen LogP contribution in [0.2, 0.25) is 0 Å². The number of hydrogen-bond acceptors (Lipinski definition) is 2. The number of urea groups is 1. The molecule has 3 rings (SSSR count). The quantitative estimate of drug-likeness (QED) is 0.526. The summed E-state index contributed by atoms with van der Waals surface area (Å²) >= 11 is 0. The van der Waals surface area contributed by atoms with E-state index in [1.165, 1.54) is 16.5 Å². The fraction of sp³-hybridized carbons (Fsp3) is 0.318. The van der Waals surface area contributed by atoms with Crippen LogP contribution in [0.3, 0.4) is 0 Å². The number of H-pyrrole nitrogens is 1. The number of aromatic amines is 1. The van der Waals surface area contributed by atoms with Crippen molar-refractivity contribution in [3.63, 3.8) is 0 Å². The predicted octanol–water partition coefficient (Wildman–Crippen LogP) is 4.10. The minimum atomic E-state index is -0.136. The van der Waals surface area contributed by atoms with Crippen molar-refractivity contribution < 1.29 is 9.53 Å². The Kier molecular flexibility index (Phi) is 6.36.